The lowest BCUT2D eigenvalue weighted by atomic mass is 10.1. The molecule has 244 valence electrons. The molecular formula is C38H27ClFN3O5S. The van der Waals surface area contributed by atoms with Gasteiger partial charge >= 0.3 is 0 Å². The molecular weight excluding hydrogens is 665 g/mol. The molecule has 0 aromatic heterocycles. The summed E-state index contributed by atoms with van der Waals surface area (Å²) in [5.74, 6) is -1.22. The van der Waals surface area contributed by atoms with Gasteiger partial charge in [-0.25, -0.2) is 9.29 Å². The highest BCUT2D eigenvalue weighted by Crippen LogP contribution is 2.36. The first-order valence-electron chi connectivity index (χ1n) is 15.0. The molecule has 8 nitrogen and oxygen atoms in total. The first kappa shape index (κ1) is 33.2. The Morgan fingerprint density at radius 2 is 1.53 bits per heavy atom. The van der Waals surface area contributed by atoms with Gasteiger partial charge in [-0.05, 0) is 103 Å². The summed E-state index contributed by atoms with van der Waals surface area (Å²) in [6.45, 7) is 0. The van der Waals surface area contributed by atoms with Crippen LogP contribution in [-0.4, -0.2) is 28.9 Å². The number of carbonyl (C=O) groups is 4. The number of imide groups is 1. The van der Waals surface area contributed by atoms with Crippen molar-refractivity contribution in [1.29, 1.82) is 0 Å². The number of hydrogen-bond acceptors (Lipinski definition) is 6. The van der Waals surface area contributed by atoms with Crippen molar-refractivity contribution in [1.82, 2.24) is 5.32 Å². The topological polar surface area (TPSA) is 105 Å². The minimum absolute atomic E-state index is 0.00481. The normalized spacial score (nSPS) is 14.4. The Balaban J connectivity index is 1.13. The van der Waals surface area contributed by atoms with Crippen LogP contribution in [-0.2, 0) is 14.4 Å². The van der Waals surface area contributed by atoms with Crippen LogP contribution in [0.4, 0.5) is 15.8 Å². The van der Waals surface area contributed by atoms with Crippen LogP contribution in [0.5, 0.6) is 11.5 Å². The molecule has 0 spiro atoms. The van der Waals surface area contributed by atoms with Crippen LogP contribution in [0.15, 0.2) is 138 Å². The third-order valence-corrected chi connectivity index (χ3v) is 8.74. The van der Waals surface area contributed by atoms with Gasteiger partial charge in [-0.2, -0.15) is 0 Å². The zero-order valence-corrected chi connectivity index (χ0v) is 27.2. The van der Waals surface area contributed by atoms with Crippen LogP contribution < -0.4 is 20.3 Å². The third kappa shape index (κ3) is 8.42. The van der Waals surface area contributed by atoms with E-state index in [0.29, 0.717) is 43.9 Å². The minimum atomic E-state index is -0.683. The Labute approximate surface area is 290 Å². The fourth-order valence-electron chi connectivity index (χ4n) is 4.98. The van der Waals surface area contributed by atoms with E-state index in [-0.39, 0.29) is 23.9 Å². The van der Waals surface area contributed by atoms with Crippen molar-refractivity contribution in [3.8, 4) is 11.5 Å². The van der Waals surface area contributed by atoms with Crippen LogP contribution in [0.1, 0.15) is 22.3 Å². The molecule has 4 amide bonds. The quantitative estimate of drug-likeness (QED) is 0.113. The van der Waals surface area contributed by atoms with Crippen molar-refractivity contribution in [3.63, 3.8) is 0 Å². The second-order valence-electron chi connectivity index (χ2n) is 10.8. The maximum Gasteiger partial charge on any atom is 0.272 e. The molecule has 0 bridgehead atoms. The molecule has 6 rings (SSSR count). The second kappa shape index (κ2) is 15.0. The number of rotatable bonds is 10. The summed E-state index contributed by atoms with van der Waals surface area (Å²) in [6, 6.07) is 34.3. The SMILES string of the molecule is O=C(Nc1cccc(S[C@@H]2CC(=O)N(c3ccc(Oc4ccc(Cl)cc4)cc3)C2=O)c1)/C(=C\c1cccc(F)c1)NC(=O)c1ccccc1. The molecule has 0 aliphatic carbocycles. The summed E-state index contributed by atoms with van der Waals surface area (Å²) in [5.41, 5.74) is 1.43. The summed E-state index contributed by atoms with van der Waals surface area (Å²) >= 11 is 7.14. The second-order valence-corrected chi connectivity index (χ2v) is 12.6. The van der Waals surface area contributed by atoms with E-state index in [0.717, 1.165) is 4.90 Å². The number of nitrogens with zero attached hydrogens (tertiary/aromatic N) is 1. The molecule has 5 aromatic rings. The molecule has 0 radical (unpaired) electrons. The van der Waals surface area contributed by atoms with E-state index in [1.54, 1.807) is 109 Å². The number of nitrogens with one attached hydrogen (secondary N) is 2. The lowest BCUT2D eigenvalue weighted by Crippen LogP contribution is -2.31. The first-order chi connectivity index (χ1) is 23.7. The maximum atomic E-state index is 13.9. The van der Waals surface area contributed by atoms with Gasteiger partial charge in [0.1, 0.15) is 23.0 Å². The molecule has 0 saturated carbocycles. The highest BCUT2D eigenvalue weighted by molar-refractivity contribution is 8.00. The monoisotopic (exact) mass is 691 g/mol. The Morgan fingerprint density at radius 3 is 2.24 bits per heavy atom. The molecule has 1 aliphatic rings. The minimum Gasteiger partial charge on any atom is -0.457 e. The Morgan fingerprint density at radius 1 is 0.837 bits per heavy atom. The highest BCUT2D eigenvalue weighted by Gasteiger charge is 2.40. The Hall–Kier alpha value is -5.71. The zero-order chi connectivity index (χ0) is 34.3. The number of halogens is 2. The van der Waals surface area contributed by atoms with Crippen molar-refractivity contribution < 1.29 is 28.3 Å². The van der Waals surface area contributed by atoms with E-state index in [9.17, 15) is 23.6 Å². The number of ether oxygens (including phenoxy) is 1. The van der Waals surface area contributed by atoms with Crippen molar-refractivity contribution in [3.05, 3.63) is 155 Å². The van der Waals surface area contributed by atoms with Gasteiger partial charge in [0.15, 0.2) is 0 Å². The average Bonchev–Trinajstić information content (AvgIpc) is 3.37. The van der Waals surface area contributed by atoms with Crippen molar-refractivity contribution in [2.24, 2.45) is 0 Å². The predicted octanol–water partition coefficient (Wildman–Crippen LogP) is 8.11. The number of thioether (sulfide) groups is 1. The molecule has 1 saturated heterocycles. The average molecular weight is 692 g/mol. The molecule has 11 heteroatoms. The summed E-state index contributed by atoms with van der Waals surface area (Å²) in [4.78, 5) is 54.5. The van der Waals surface area contributed by atoms with Gasteiger partial charge in [-0.15, -0.1) is 11.8 Å². The number of hydrogen-bond donors (Lipinski definition) is 2. The number of carbonyl (C=O) groups excluding carboxylic acids is 4. The molecule has 49 heavy (non-hydrogen) atoms. The van der Waals surface area contributed by atoms with E-state index in [4.69, 9.17) is 16.3 Å². The number of anilines is 2. The zero-order valence-electron chi connectivity index (χ0n) is 25.6. The van der Waals surface area contributed by atoms with Crippen LogP contribution >= 0.6 is 23.4 Å². The Kier molecular flexibility index (Phi) is 10.2. The van der Waals surface area contributed by atoms with E-state index in [1.165, 1.54) is 36.0 Å². The fraction of sp³-hybridized carbons (Fsp3) is 0.0526. The largest absolute Gasteiger partial charge is 0.457 e. The molecule has 1 heterocycles. The van der Waals surface area contributed by atoms with Crippen LogP contribution in [0.3, 0.4) is 0 Å². The molecule has 5 aromatic carbocycles. The lowest BCUT2D eigenvalue weighted by Gasteiger charge is -2.16. The van der Waals surface area contributed by atoms with Gasteiger partial charge in [0.25, 0.3) is 11.8 Å². The van der Waals surface area contributed by atoms with Crippen LogP contribution in [0.2, 0.25) is 5.02 Å². The van der Waals surface area contributed by atoms with E-state index in [2.05, 4.69) is 10.6 Å². The van der Waals surface area contributed by atoms with Gasteiger partial charge < -0.3 is 15.4 Å². The van der Waals surface area contributed by atoms with E-state index >= 15 is 0 Å². The highest BCUT2D eigenvalue weighted by atomic mass is 35.5. The maximum absolute atomic E-state index is 13.9. The molecule has 1 aliphatic heterocycles. The van der Waals surface area contributed by atoms with Crippen molar-refractivity contribution in [2.45, 2.75) is 16.6 Å². The smallest absolute Gasteiger partial charge is 0.272 e. The molecule has 2 N–H and O–H groups in total. The first-order valence-corrected chi connectivity index (χ1v) is 16.3. The Bertz CT molecular complexity index is 2060. The molecule has 1 atom stereocenters. The van der Waals surface area contributed by atoms with Crippen molar-refractivity contribution in [2.75, 3.05) is 10.2 Å². The van der Waals surface area contributed by atoms with Gasteiger partial charge in [0.05, 0.1) is 10.9 Å². The van der Waals surface area contributed by atoms with Gasteiger partial charge in [0, 0.05) is 27.6 Å². The third-order valence-electron chi connectivity index (χ3n) is 7.31. The summed E-state index contributed by atoms with van der Waals surface area (Å²) < 4.78 is 19.7. The van der Waals surface area contributed by atoms with E-state index < -0.39 is 22.9 Å². The lowest BCUT2D eigenvalue weighted by molar-refractivity contribution is -0.121. The van der Waals surface area contributed by atoms with Crippen LogP contribution in [0, 0.1) is 5.82 Å². The molecule has 1 fully saturated rings. The standard InChI is InChI=1S/C38H27ClFN3O5S/c39-26-12-16-30(17-13-26)48-31-18-14-29(15-19-31)43-35(44)23-34(38(43)47)49-32-11-5-10-28(22-32)41-37(46)33(21-24-6-4-9-27(40)20-24)42-36(45)25-7-2-1-3-8-25/h1-22,34H,23H2,(H,41,46)(H,42,45)/b33-21+/t34-/m1/s1. The predicted molar refractivity (Wildman–Crippen MR) is 188 cm³/mol. The van der Waals surface area contributed by atoms with Crippen molar-refractivity contribution >= 4 is 64.4 Å². The van der Waals surface area contributed by atoms with Crippen LogP contribution in [0.25, 0.3) is 6.08 Å². The molecule has 0 unspecified atom stereocenters. The fourth-order valence-corrected chi connectivity index (χ4v) is 6.22. The van der Waals surface area contributed by atoms with Gasteiger partial charge in [-0.3, -0.25) is 19.2 Å². The summed E-state index contributed by atoms with van der Waals surface area (Å²) in [6.07, 6.45) is 1.38. The number of benzene rings is 5. The number of amides is 4. The van der Waals surface area contributed by atoms with Gasteiger partial charge in [-0.1, -0.05) is 48.0 Å². The summed E-state index contributed by atoms with van der Waals surface area (Å²) in [5, 5.41) is 5.30. The summed E-state index contributed by atoms with van der Waals surface area (Å²) in [7, 11) is 0. The van der Waals surface area contributed by atoms with E-state index in [1.807, 2.05) is 0 Å². The van der Waals surface area contributed by atoms with Gasteiger partial charge in [0.2, 0.25) is 11.8 Å².